The van der Waals surface area contributed by atoms with E-state index in [4.69, 9.17) is 14.2 Å². The third kappa shape index (κ3) is 19.6. The number of carbonyl (C=O) groups is 7. The van der Waals surface area contributed by atoms with E-state index >= 15 is 0 Å². The van der Waals surface area contributed by atoms with Crippen LogP contribution >= 0.6 is 32.9 Å². The molecule has 396 valence electrons. The van der Waals surface area contributed by atoms with Crippen LogP contribution in [0.2, 0.25) is 0 Å². The first-order chi connectivity index (χ1) is 34.4. The zero-order valence-electron chi connectivity index (χ0n) is 42.8. The Labute approximate surface area is 435 Å². The Kier molecular flexibility index (Phi) is 25.3. The number of piperidine rings is 1. The van der Waals surface area contributed by atoms with Crippen LogP contribution < -0.4 is 16.0 Å². The molecule has 72 heavy (non-hydrogen) atoms. The number of likely N-dealkylation sites (tertiary alicyclic amines) is 1. The second kappa shape index (κ2) is 30.7. The van der Waals surface area contributed by atoms with Crippen molar-refractivity contribution < 1.29 is 52.9 Å². The molecular weight excluding hydrogens is 983 g/mol. The number of amides is 4. The van der Waals surface area contributed by atoms with Crippen molar-refractivity contribution in [3.63, 3.8) is 0 Å². The SMILES string of the molecule is CCCC(=O)OCN(C(=O)[C@@H](NC(=O)[C@H]1CCCCN1C)C(C)CC)[C@H](C[C@@H](OC(C)=O)c1nc(C(=O)N[C@@H](Cc2ccc(O)cc2)C[C@H](C)C(=O)NCC(=O)OCCSSc2ccccn2)cs1)C(C)C. The third-order valence-corrected chi connectivity index (χ3v) is 15.5. The molecule has 0 radical (unpaired) electrons. The minimum Gasteiger partial charge on any atom is -0.508 e. The Morgan fingerprint density at radius 2 is 1.71 bits per heavy atom. The van der Waals surface area contributed by atoms with E-state index in [2.05, 4.69) is 25.9 Å². The summed E-state index contributed by atoms with van der Waals surface area (Å²) >= 11 is 1.09. The van der Waals surface area contributed by atoms with Crippen molar-refractivity contribution >= 4 is 74.5 Å². The maximum atomic E-state index is 14.9. The van der Waals surface area contributed by atoms with Gasteiger partial charge in [0.05, 0.1) is 6.04 Å². The molecule has 7 atom stereocenters. The molecule has 0 bridgehead atoms. The van der Waals surface area contributed by atoms with E-state index in [-0.39, 0.29) is 73.0 Å². The van der Waals surface area contributed by atoms with Crippen molar-refractivity contribution in [2.24, 2.45) is 17.8 Å². The summed E-state index contributed by atoms with van der Waals surface area (Å²) in [6.45, 7) is 12.6. The minimum absolute atomic E-state index is 0.0169. The van der Waals surface area contributed by atoms with Crippen LogP contribution in [0.25, 0.3) is 0 Å². The van der Waals surface area contributed by atoms with Crippen LogP contribution in [-0.4, -0.2) is 130 Å². The lowest BCUT2D eigenvalue weighted by molar-refractivity contribution is -0.160. The van der Waals surface area contributed by atoms with Crippen molar-refractivity contribution in [1.82, 2.24) is 35.7 Å². The third-order valence-electron chi connectivity index (χ3n) is 12.4. The van der Waals surface area contributed by atoms with Gasteiger partial charge in [0.25, 0.3) is 5.91 Å². The molecule has 1 unspecified atom stereocenters. The quantitative estimate of drug-likeness (QED) is 0.0182. The van der Waals surface area contributed by atoms with E-state index in [0.29, 0.717) is 25.0 Å². The molecule has 3 aromatic rings. The molecule has 0 saturated carbocycles. The number of hydrogen-bond donors (Lipinski definition) is 4. The number of phenols is 1. The lowest BCUT2D eigenvalue weighted by Gasteiger charge is -2.39. The highest BCUT2D eigenvalue weighted by Crippen LogP contribution is 2.32. The van der Waals surface area contributed by atoms with Gasteiger partial charge in [0.2, 0.25) is 17.7 Å². The molecule has 4 amide bonds. The topological polar surface area (TPSA) is 236 Å². The normalized spacial score (nSPS) is 16.3. The van der Waals surface area contributed by atoms with Gasteiger partial charge < -0.3 is 40.2 Å². The highest BCUT2D eigenvalue weighted by molar-refractivity contribution is 8.76. The summed E-state index contributed by atoms with van der Waals surface area (Å²) in [5.74, 6) is -4.01. The van der Waals surface area contributed by atoms with Crippen LogP contribution in [0.1, 0.15) is 127 Å². The van der Waals surface area contributed by atoms with Crippen LogP contribution in [0.15, 0.2) is 59.1 Å². The molecule has 21 heteroatoms. The molecule has 1 saturated heterocycles. The Balaban J connectivity index is 1.51. The van der Waals surface area contributed by atoms with E-state index in [0.717, 1.165) is 41.3 Å². The molecule has 1 aromatic carbocycles. The maximum absolute atomic E-state index is 14.9. The minimum atomic E-state index is -1.04. The van der Waals surface area contributed by atoms with E-state index in [9.17, 15) is 38.7 Å². The molecule has 1 fully saturated rings. The molecular formula is C51H73N7O11S3. The standard InChI is InChI=1S/C51H73N7O11S3/c1-9-15-44(61)68-31-58(51(66)46(33(5)10-2)56-49(65)40-16-12-14-23-57(40)8)41(32(3)4)28-42(69-35(7)59)50-55-39(30-70-50)48(64)54-37(27-36-18-20-38(60)21-19-36)26-34(6)47(63)53-29-45(62)67-24-25-71-72-43-17-11-13-22-52-43/h11,13,17-22,30,32-34,37,40-42,46,60H,9-10,12,14-16,23-29,31H2,1-8H3,(H,53,63)(H,54,64)(H,56,65)/t33?,34-,37+,40+,41+,42+,46-/m0/s1. The summed E-state index contributed by atoms with van der Waals surface area (Å²) in [6.07, 6.45) is 4.91. The average molecular weight is 1060 g/mol. The predicted octanol–water partition coefficient (Wildman–Crippen LogP) is 6.87. The van der Waals surface area contributed by atoms with Gasteiger partial charge in [0.1, 0.15) is 40.7 Å². The Morgan fingerprint density at radius 1 is 0.958 bits per heavy atom. The number of ether oxygens (including phenoxy) is 3. The lowest BCUT2D eigenvalue weighted by atomic mass is 9.92. The number of aromatic hydroxyl groups is 1. The van der Waals surface area contributed by atoms with Crippen LogP contribution in [0, 0.1) is 17.8 Å². The Bertz CT molecular complexity index is 2220. The monoisotopic (exact) mass is 1060 g/mol. The second-order valence-corrected chi connectivity index (χ2v) is 21.8. The summed E-state index contributed by atoms with van der Waals surface area (Å²) in [7, 11) is 4.86. The smallest absolute Gasteiger partial charge is 0.325 e. The number of nitrogens with one attached hydrogen (secondary N) is 3. The fraction of sp³-hybridized carbons (Fsp3) is 0.588. The first-order valence-corrected chi connectivity index (χ1v) is 27.9. The number of aromatic nitrogens is 2. The van der Waals surface area contributed by atoms with E-state index in [1.165, 1.54) is 50.9 Å². The summed E-state index contributed by atoms with van der Waals surface area (Å²) < 4.78 is 16.9. The lowest BCUT2D eigenvalue weighted by Crippen LogP contribution is -2.59. The second-order valence-electron chi connectivity index (χ2n) is 18.5. The number of esters is 3. The van der Waals surface area contributed by atoms with Gasteiger partial charge >= 0.3 is 17.9 Å². The number of nitrogens with zero attached hydrogens (tertiary/aromatic N) is 4. The van der Waals surface area contributed by atoms with Gasteiger partial charge in [-0.2, -0.15) is 0 Å². The van der Waals surface area contributed by atoms with Gasteiger partial charge in [0.15, 0.2) is 12.8 Å². The molecule has 4 N–H and O–H groups in total. The van der Waals surface area contributed by atoms with Crippen LogP contribution in [-0.2, 0) is 49.4 Å². The number of likely N-dealkylation sites (N-methyl/N-ethyl adjacent to an activating group) is 1. The first kappa shape index (κ1) is 59.3. The number of carbonyl (C=O) groups excluding carboxylic acids is 7. The summed E-state index contributed by atoms with van der Waals surface area (Å²) in [5.41, 5.74) is 0.798. The molecule has 1 aliphatic heterocycles. The van der Waals surface area contributed by atoms with E-state index < -0.39 is 78.5 Å². The van der Waals surface area contributed by atoms with Crippen molar-refractivity contribution in [1.29, 1.82) is 0 Å². The summed E-state index contributed by atoms with van der Waals surface area (Å²) in [6, 6.07) is 9.42. The molecule has 2 aromatic heterocycles. The van der Waals surface area contributed by atoms with Crippen molar-refractivity contribution in [2.45, 2.75) is 142 Å². The molecule has 3 heterocycles. The predicted molar refractivity (Wildman–Crippen MR) is 278 cm³/mol. The van der Waals surface area contributed by atoms with Crippen LogP contribution in [0.5, 0.6) is 5.75 Å². The van der Waals surface area contributed by atoms with Crippen molar-refractivity contribution in [2.75, 3.05) is 39.2 Å². The largest absolute Gasteiger partial charge is 0.508 e. The Morgan fingerprint density at radius 3 is 2.36 bits per heavy atom. The Hall–Kier alpha value is -5.25. The van der Waals surface area contributed by atoms with E-state index in [1.54, 1.807) is 25.3 Å². The average Bonchev–Trinajstić information content (AvgIpc) is 3.85. The molecule has 0 aliphatic carbocycles. The van der Waals surface area contributed by atoms with Gasteiger partial charge in [-0.3, -0.25) is 38.5 Å². The summed E-state index contributed by atoms with van der Waals surface area (Å²) in [5, 5.41) is 21.3. The van der Waals surface area contributed by atoms with Gasteiger partial charge in [-0.15, -0.1) is 11.3 Å². The maximum Gasteiger partial charge on any atom is 0.325 e. The zero-order chi connectivity index (χ0) is 52.7. The number of thiazole rings is 1. The van der Waals surface area contributed by atoms with E-state index in [1.807, 2.05) is 64.8 Å². The number of hydrogen-bond acceptors (Lipinski definition) is 17. The van der Waals surface area contributed by atoms with Crippen LogP contribution in [0.4, 0.5) is 0 Å². The molecule has 4 rings (SSSR count). The summed E-state index contributed by atoms with van der Waals surface area (Å²) in [4.78, 5) is 106. The molecule has 1 aliphatic rings. The fourth-order valence-electron chi connectivity index (χ4n) is 8.15. The number of benzene rings is 1. The van der Waals surface area contributed by atoms with Crippen molar-refractivity contribution in [3.8, 4) is 5.75 Å². The highest BCUT2D eigenvalue weighted by Gasteiger charge is 2.39. The first-order valence-electron chi connectivity index (χ1n) is 24.7. The number of rotatable bonds is 29. The van der Waals surface area contributed by atoms with Crippen molar-refractivity contribution in [3.05, 3.63) is 70.3 Å². The fourth-order valence-corrected chi connectivity index (χ4v) is 10.7. The molecule has 0 spiro atoms. The highest BCUT2D eigenvalue weighted by atomic mass is 33.1. The van der Waals surface area contributed by atoms with Gasteiger partial charge in [-0.25, -0.2) is 9.97 Å². The number of phenolic OH excluding ortho intramolecular Hbond substituents is 1. The van der Waals surface area contributed by atoms with Gasteiger partial charge in [0, 0.05) is 55.1 Å². The number of pyridine rings is 1. The molecule has 18 nitrogen and oxygen atoms in total. The van der Waals surface area contributed by atoms with Gasteiger partial charge in [-0.1, -0.05) is 83.4 Å². The van der Waals surface area contributed by atoms with Crippen LogP contribution in [0.3, 0.4) is 0 Å². The zero-order valence-corrected chi connectivity index (χ0v) is 45.2. The van der Waals surface area contributed by atoms with Gasteiger partial charge in [-0.05, 0) is 98.2 Å².